The van der Waals surface area contributed by atoms with Crippen LogP contribution >= 0.6 is 11.3 Å². The molecule has 0 saturated carbocycles. The first-order chi connectivity index (χ1) is 10.4. The molecule has 0 radical (unpaired) electrons. The van der Waals surface area contributed by atoms with Crippen molar-refractivity contribution in [3.8, 4) is 11.4 Å². The van der Waals surface area contributed by atoms with Crippen molar-refractivity contribution in [3.05, 3.63) is 36.0 Å². The molecular weight excluding hydrogens is 282 g/mol. The van der Waals surface area contributed by atoms with Crippen molar-refractivity contribution < 1.29 is 0 Å². The quantitative estimate of drug-likeness (QED) is 0.605. The lowest BCUT2D eigenvalue weighted by Crippen LogP contribution is -2.02. The van der Waals surface area contributed by atoms with E-state index in [1.165, 1.54) is 10.1 Å². The van der Waals surface area contributed by atoms with Crippen LogP contribution in [0.15, 0.2) is 36.0 Å². The molecule has 0 bridgehead atoms. The lowest BCUT2D eigenvalue weighted by Gasteiger charge is -2.06. The molecule has 0 unspecified atom stereocenters. The number of H-pyrrole nitrogens is 1. The van der Waals surface area contributed by atoms with Gasteiger partial charge in [-0.2, -0.15) is 0 Å². The maximum Gasteiger partial charge on any atom is 0.183 e. The van der Waals surface area contributed by atoms with Crippen LogP contribution in [-0.4, -0.2) is 26.5 Å². The summed E-state index contributed by atoms with van der Waals surface area (Å²) in [6.45, 7) is 2.85. The molecule has 5 nitrogen and oxygen atoms in total. The largest absolute Gasteiger partial charge is 0.368 e. The molecule has 4 rings (SSSR count). The van der Waals surface area contributed by atoms with E-state index in [4.69, 9.17) is 0 Å². The molecule has 0 atom stereocenters. The molecule has 104 valence electrons. The Kier molecular flexibility index (Phi) is 2.82. The van der Waals surface area contributed by atoms with Gasteiger partial charge in [-0.05, 0) is 13.0 Å². The number of aromatic amines is 1. The van der Waals surface area contributed by atoms with Crippen molar-refractivity contribution in [1.29, 1.82) is 0 Å². The third-order valence-corrected chi connectivity index (χ3v) is 4.32. The molecule has 2 N–H and O–H groups in total. The van der Waals surface area contributed by atoms with Gasteiger partial charge in [0.1, 0.15) is 5.52 Å². The van der Waals surface area contributed by atoms with Gasteiger partial charge < -0.3 is 10.3 Å². The number of imidazole rings is 1. The maximum absolute atomic E-state index is 4.67. The van der Waals surface area contributed by atoms with Gasteiger partial charge in [0.2, 0.25) is 0 Å². The number of benzene rings is 1. The second-order valence-electron chi connectivity index (χ2n) is 4.67. The van der Waals surface area contributed by atoms with Gasteiger partial charge in [-0.3, -0.25) is 0 Å². The van der Waals surface area contributed by atoms with Crippen molar-refractivity contribution in [3.63, 3.8) is 0 Å². The van der Waals surface area contributed by atoms with Crippen molar-refractivity contribution in [2.24, 2.45) is 0 Å². The summed E-state index contributed by atoms with van der Waals surface area (Å²) in [4.78, 5) is 16.6. The number of rotatable bonds is 3. The highest BCUT2D eigenvalue weighted by atomic mass is 32.1. The predicted molar refractivity (Wildman–Crippen MR) is 86.7 cm³/mol. The second-order valence-corrected chi connectivity index (χ2v) is 5.58. The summed E-state index contributed by atoms with van der Waals surface area (Å²) in [7, 11) is 0. The van der Waals surface area contributed by atoms with Gasteiger partial charge in [-0.25, -0.2) is 15.0 Å². The van der Waals surface area contributed by atoms with E-state index in [1.807, 2.05) is 19.1 Å². The summed E-state index contributed by atoms with van der Waals surface area (Å²) in [6, 6.07) is 8.30. The fourth-order valence-electron chi connectivity index (χ4n) is 2.40. The summed E-state index contributed by atoms with van der Waals surface area (Å²) in [5.41, 5.74) is 2.59. The van der Waals surface area contributed by atoms with Gasteiger partial charge in [0.15, 0.2) is 17.3 Å². The topological polar surface area (TPSA) is 66.5 Å². The van der Waals surface area contributed by atoms with E-state index in [0.717, 1.165) is 23.4 Å². The third-order valence-electron chi connectivity index (χ3n) is 3.35. The number of nitrogens with zero attached hydrogens (tertiary/aromatic N) is 3. The predicted octanol–water partition coefficient (Wildman–Crippen LogP) is 3.67. The first kappa shape index (κ1) is 12.3. The Morgan fingerprint density at radius 2 is 2.14 bits per heavy atom. The van der Waals surface area contributed by atoms with Gasteiger partial charge in [0.05, 0.1) is 6.33 Å². The Hall–Kier alpha value is -2.47. The Bertz CT molecular complexity index is 924. The summed E-state index contributed by atoms with van der Waals surface area (Å²) < 4.78 is 1.24. The first-order valence-corrected chi connectivity index (χ1v) is 7.66. The fourth-order valence-corrected chi connectivity index (χ4v) is 3.34. The van der Waals surface area contributed by atoms with Crippen LogP contribution < -0.4 is 5.32 Å². The highest BCUT2D eigenvalue weighted by Crippen LogP contribution is 2.33. The summed E-state index contributed by atoms with van der Waals surface area (Å²) in [5.74, 6) is 1.51. The molecule has 0 spiro atoms. The van der Waals surface area contributed by atoms with Gasteiger partial charge >= 0.3 is 0 Å². The molecule has 6 heteroatoms. The average Bonchev–Trinajstić information content (AvgIpc) is 3.13. The minimum Gasteiger partial charge on any atom is -0.368 e. The molecule has 0 aliphatic heterocycles. The smallest absolute Gasteiger partial charge is 0.183 e. The number of aromatic nitrogens is 4. The number of thiophene rings is 1. The Labute approximate surface area is 125 Å². The van der Waals surface area contributed by atoms with Gasteiger partial charge in [-0.15, -0.1) is 11.3 Å². The van der Waals surface area contributed by atoms with E-state index < -0.39 is 0 Å². The average molecular weight is 295 g/mol. The number of anilines is 1. The van der Waals surface area contributed by atoms with Crippen LogP contribution in [0.4, 0.5) is 5.82 Å². The van der Waals surface area contributed by atoms with Crippen molar-refractivity contribution in [2.75, 3.05) is 11.9 Å². The van der Waals surface area contributed by atoms with Crippen LogP contribution in [0, 0.1) is 0 Å². The molecule has 0 saturated heterocycles. The van der Waals surface area contributed by atoms with Gasteiger partial charge in [0.25, 0.3) is 0 Å². The van der Waals surface area contributed by atoms with Crippen LogP contribution in [0.5, 0.6) is 0 Å². The Balaban J connectivity index is 1.97. The fraction of sp³-hybridized carbons (Fsp3) is 0.133. The molecule has 21 heavy (non-hydrogen) atoms. The molecule has 3 heterocycles. The zero-order valence-electron chi connectivity index (χ0n) is 11.4. The second kappa shape index (κ2) is 4.82. The van der Waals surface area contributed by atoms with E-state index in [0.29, 0.717) is 11.5 Å². The Morgan fingerprint density at radius 1 is 1.24 bits per heavy atom. The first-order valence-electron chi connectivity index (χ1n) is 6.78. The molecule has 0 aliphatic rings. The van der Waals surface area contributed by atoms with Crippen molar-refractivity contribution >= 4 is 38.4 Å². The van der Waals surface area contributed by atoms with Gasteiger partial charge in [-0.1, -0.05) is 18.2 Å². The van der Waals surface area contributed by atoms with Crippen molar-refractivity contribution in [1.82, 2.24) is 19.9 Å². The molecular formula is C15H13N5S. The van der Waals surface area contributed by atoms with Crippen LogP contribution in [-0.2, 0) is 0 Å². The lowest BCUT2D eigenvalue weighted by molar-refractivity contribution is 1.14. The molecule has 0 amide bonds. The van der Waals surface area contributed by atoms with E-state index in [2.05, 4.69) is 42.8 Å². The number of nitrogens with one attached hydrogen (secondary N) is 2. The zero-order valence-corrected chi connectivity index (χ0v) is 12.2. The molecule has 1 aromatic carbocycles. The summed E-state index contributed by atoms with van der Waals surface area (Å²) in [6.07, 6.45) is 1.65. The number of fused-ring (bicyclic) bond motifs is 2. The van der Waals surface area contributed by atoms with Crippen LogP contribution in [0.25, 0.3) is 32.6 Å². The molecule has 4 aromatic rings. The highest BCUT2D eigenvalue weighted by molar-refractivity contribution is 7.17. The monoisotopic (exact) mass is 295 g/mol. The summed E-state index contributed by atoms with van der Waals surface area (Å²) in [5, 5.41) is 6.55. The van der Waals surface area contributed by atoms with Crippen LogP contribution in [0.3, 0.4) is 0 Å². The lowest BCUT2D eigenvalue weighted by atomic mass is 10.1. The normalized spacial score (nSPS) is 11.3. The number of hydrogen-bond donors (Lipinski definition) is 2. The van der Waals surface area contributed by atoms with E-state index in [-0.39, 0.29) is 0 Å². The SMILES string of the molecule is CCNc1nc(-c2csc3ccccc23)nc2nc[nH]c12. The minimum absolute atomic E-state index is 0.686. The van der Waals surface area contributed by atoms with E-state index in [9.17, 15) is 0 Å². The van der Waals surface area contributed by atoms with E-state index >= 15 is 0 Å². The maximum atomic E-state index is 4.67. The highest BCUT2D eigenvalue weighted by Gasteiger charge is 2.13. The van der Waals surface area contributed by atoms with Gasteiger partial charge in [0, 0.05) is 27.6 Å². The Morgan fingerprint density at radius 3 is 3.05 bits per heavy atom. The van der Waals surface area contributed by atoms with Crippen molar-refractivity contribution in [2.45, 2.75) is 6.92 Å². The zero-order chi connectivity index (χ0) is 14.2. The third kappa shape index (κ3) is 1.95. The molecule has 0 aliphatic carbocycles. The molecule has 0 fully saturated rings. The minimum atomic E-state index is 0.686. The molecule has 3 aromatic heterocycles. The summed E-state index contributed by atoms with van der Waals surface area (Å²) >= 11 is 1.71. The number of hydrogen-bond acceptors (Lipinski definition) is 5. The van der Waals surface area contributed by atoms with E-state index in [1.54, 1.807) is 17.7 Å². The standard InChI is InChI=1S/C15H13N5S/c1-2-16-14-12-15(18-8-17-12)20-13(19-14)10-7-21-11-6-4-3-5-9(10)11/h3-8H,2H2,1H3,(H2,16,17,18,19,20). The van der Waals surface area contributed by atoms with Crippen LogP contribution in [0.2, 0.25) is 0 Å². The van der Waals surface area contributed by atoms with Crippen LogP contribution in [0.1, 0.15) is 6.92 Å².